The Morgan fingerprint density at radius 1 is 0.341 bits per heavy atom. The van der Waals surface area contributed by atoms with Crippen molar-refractivity contribution in [2.24, 2.45) is 0 Å². The molecular formula is C42H27NS. The first-order valence-corrected chi connectivity index (χ1v) is 15.8. The molecule has 0 saturated heterocycles. The van der Waals surface area contributed by atoms with E-state index in [1.165, 1.54) is 81.0 Å². The van der Waals surface area contributed by atoms with Crippen LogP contribution in [0.15, 0.2) is 158 Å². The van der Waals surface area contributed by atoms with Crippen molar-refractivity contribution >= 4 is 53.3 Å². The standard InChI is InChI=1S/C42H27NS/c1-2-9-27(10-3-1)31-19-21-39-37(25-31)36-17-8-16-34(42(36)43-39)33-14-7-13-30(24-33)28-11-6-12-29(23-28)32-20-22-41-38(26-32)35-15-4-5-18-40(35)44-41/h1-26,43H. The zero-order valence-corrected chi connectivity index (χ0v) is 24.7. The molecule has 206 valence electrons. The van der Waals surface area contributed by atoms with Crippen molar-refractivity contribution in [3.05, 3.63) is 158 Å². The van der Waals surface area contributed by atoms with E-state index in [0.717, 1.165) is 5.52 Å². The Hall–Kier alpha value is -5.44. The van der Waals surface area contributed by atoms with Gasteiger partial charge in [0.05, 0.1) is 5.52 Å². The predicted octanol–water partition coefficient (Wildman–Crippen LogP) is 12.4. The summed E-state index contributed by atoms with van der Waals surface area (Å²) in [7, 11) is 0. The second-order valence-electron chi connectivity index (χ2n) is 11.5. The average Bonchev–Trinajstić information content (AvgIpc) is 3.66. The molecule has 1 N–H and O–H groups in total. The van der Waals surface area contributed by atoms with E-state index in [1.807, 2.05) is 11.3 Å². The van der Waals surface area contributed by atoms with Crippen molar-refractivity contribution in [2.75, 3.05) is 0 Å². The topological polar surface area (TPSA) is 15.8 Å². The van der Waals surface area contributed by atoms with E-state index in [9.17, 15) is 0 Å². The lowest BCUT2D eigenvalue weighted by molar-refractivity contribution is 1.53. The molecule has 1 nitrogen and oxygen atoms in total. The van der Waals surface area contributed by atoms with Gasteiger partial charge in [-0.05, 0) is 81.4 Å². The first-order valence-electron chi connectivity index (χ1n) is 15.0. The van der Waals surface area contributed by atoms with Crippen molar-refractivity contribution < 1.29 is 0 Å². The van der Waals surface area contributed by atoms with Crippen LogP contribution < -0.4 is 0 Å². The van der Waals surface area contributed by atoms with Gasteiger partial charge in [0.1, 0.15) is 0 Å². The van der Waals surface area contributed by atoms with E-state index in [1.54, 1.807) is 0 Å². The summed E-state index contributed by atoms with van der Waals surface area (Å²) in [4.78, 5) is 3.74. The summed E-state index contributed by atoms with van der Waals surface area (Å²) >= 11 is 1.86. The largest absolute Gasteiger partial charge is 0.354 e. The Kier molecular flexibility index (Phi) is 5.75. The molecule has 2 heterocycles. The third kappa shape index (κ3) is 4.15. The van der Waals surface area contributed by atoms with Gasteiger partial charge in [-0.3, -0.25) is 0 Å². The minimum Gasteiger partial charge on any atom is -0.354 e. The van der Waals surface area contributed by atoms with E-state index < -0.39 is 0 Å². The minimum absolute atomic E-state index is 1.16. The smallest absolute Gasteiger partial charge is 0.0544 e. The third-order valence-electron chi connectivity index (χ3n) is 8.82. The molecule has 0 saturated carbocycles. The number of nitrogens with one attached hydrogen (secondary N) is 1. The molecule has 7 aromatic carbocycles. The molecule has 2 heteroatoms. The minimum atomic E-state index is 1.16. The van der Waals surface area contributed by atoms with Crippen LogP contribution in [-0.2, 0) is 0 Å². The summed E-state index contributed by atoms with van der Waals surface area (Å²) < 4.78 is 2.67. The van der Waals surface area contributed by atoms with Gasteiger partial charge >= 0.3 is 0 Å². The number of H-pyrrole nitrogens is 1. The number of benzene rings is 7. The van der Waals surface area contributed by atoms with Gasteiger partial charge in [-0.15, -0.1) is 11.3 Å². The zero-order valence-electron chi connectivity index (χ0n) is 23.9. The lowest BCUT2D eigenvalue weighted by atomic mass is 9.95. The lowest BCUT2D eigenvalue weighted by Gasteiger charge is -2.10. The van der Waals surface area contributed by atoms with Crippen LogP contribution in [-0.4, -0.2) is 4.98 Å². The summed E-state index contributed by atoms with van der Waals surface area (Å²) in [5, 5.41) is 5.17. The summed E-state index contributed by atoms with van der Waals surface area (Å²) in [5.74, 6) is 0. The second-order valence-corrected chi connectivity index (χ2v) is 12.5. The normalized spacial score (nSPS) is 11.6. The van der Waals surface area contributed by atoms with Crippen LogP contribution in [0.25, 0.3) is 86.5 Å². The highest BCUT2D eigenvalue weighted by Crippen LogP contribution is 2.39. The maximum absolute atomic E-state index is 3.74. The molecule has 0 fully saturated rings. The molecule has 0 aliphatic carbocycles. The van der Waals surface area contributed by atoms with Gasteiger partial charge in [-0.1, -0.05) is 115 Å². The molecule has 0 atom stereocenters. The van der Waals surface area contributed by atoms with E-state index in [-0.39, 0.29) is 0 Å². The molecule has 0 bridgehead atoms. The molecule has 2 aromatic heterocycles. The quantitative estimate of drug-likeness (QED) is 0.214. The summed E-state index contributed by atoms with van der Waals surface area (Å²) in [6, 6.07) is 57.4. The summed E-state index contributed by atoms with van der Waals surface area (Å²) in [5.41, 5.74) is 12.1. The van der Waals surface area contributed by atoms with Gasteiger partial charge in [0.25, 0.3) is 0 Å². The van der Waals surface area contributed by atoms with Gasteiger partial charge in [0, 0.05) is 42.0 Å². The van der Waals surface area contributed by atoms with Gasteiger partial charge in [-0.2, -0.15) is 0 Å². The molecule has 0 radical (unpaired) electrons. The predicted molar refractivity (Wildman–Crippen MR) is 190 cm³/mol. The van der Waals surface area contributed by atoms with E-state index >= 15 is 0 Å². The molecule has 0 aliphatic heterocycles. The Labute approximate surface area is 259 Å². The van der Waals surface area contributed by atoms with Gasteiger partial charge in [0.15, 0.2) is 0 Å². The third-order valence-corrected chi connectivity index (χ3v) is 9.97. The lowest BCUT2D eigenvalue weighted by Crippen LogP contribution is -1.84. The number of aromatic nitrogens is 1. The first kappa shape index (κ1) is 25.1. The van der Waals surface area contributed by atoms with Crippen molar-refractivity contribution in [3.63, 3.8) is 0 Å². The summed E-state index contributed by atoms with van der Waals surface area (Å²) in [6.45, 7) is 0. The number of aromatic amines is 1. The molecule has 9 rings (SSSR count). The fourth-order valence-corrected chi connectivity index (χ4v) is 7.71. The monoisotopic (exact) mass is 577 g/mol. The number of para-hydroxylation sites is 1. The average molecular weight is 578 g/mol. The molecule has 0 aliphatic rings. The molecule has 44 heavy (non-hydrogen) atoms. The maximum Gasteiger partial charge on any atom is 0.0544 e. The van der Waals surface area contributed by atoms with Crippen LogP contribution >= 0.6 is 11.3 Å². The highest BCUT2D eigenvalue weighted by atomic mass is 32.1. The molecule has 9 aromatic rings. The molecular weight excluding hydrogens is 551 g/mol. The summed E-state index contributed by atoms with van der Waals surface area (Å²) in [6.07, 6.45) is 0. The van der Waals surface area contributed by atoms with Crippen molar-refractivity contribution in [2.45, 2.75) is 0 Å². The van der Waals surface area contributed by atoms with E-state index in [2.05, 4.69) is 163 Å². The first-order chi connectivity index (χ1) is 21.8. The van der Waals surface area contributed by atoms with Gasteiger partial charge in [-0.25, -0.2) is 0 Å². The SMILES string of the molecule is c1ccc(-c2ccc3[nH]c4c(-c5cccc(-c6cccc(-c7ccc8sc9ccccc9c8c7)c6)c5)cccc4c3c2)cc1. The van der Waals surface area contributed by atoms with Crippen LogP contribution in [0.4, 0.5) is 0 Å². The zero-order chi connectivity index (χ0) is 29.0. The number of hydrogen-bond acceptors (Lipinski definition) is 1. The Morgan fingerprint density at radius 2 is 0.909 bits per heavy atom. The van der Waals surface area contributed by atoms with E-state index in [0.29, 0.717) is 0 Å². The van der Waals surface area contributed by atoms with Crippen LogP contribution in [0.5, 0.6) is 0 Å². The number of rotatable bonds is 4. The van der Waals surface area contributed by atoms with Crippen LogP contribution in [0.2, 0.25) is 0 Å². The van der Waals surface area contributed by atoms with Gasteiger partial charge in [0.2, 0.25) is 0 Å². The van der Waals surface area contributed by atoms with Crippen LogP contribution in [0.1, 0.15) is 0 Å². The number of fused-ring (bicyclic) bond motifs is 6. The van der Waals surface area contributed by atoms with Gasteiger partial charge < -0.3 is 4.98 Å². The van der Waals surface area contributed by atoms with E-state index in [4.69, 9.17) is 0 Å². The highest BCUT2D eigenvalue weighted by Gasteiger charge is 2.12. The molecule has 0 unspecified atom stereocenters. The molecule has 0 spiro atoms. The van der Waals surface area contributed by atoms with Crippen LogP contribution in [0.3, 0.4) is 0 Å². The van der Waals surface area contributed by atoms with Crippen molar-refractivity contribution in [3.8, 4) is 44.5 Å². The number of thiophene rings is 1. The van der Waals surface area contributed by atoms with Crippen molar-refractivity contribution in [1.29, 1.82) is 0 Å². The highest BCUT2D eigenvalue weighted by molar-refractivity contribution is 7.25. The number of hydrogen-bond donors (Lipinski definition) is 1. The second kappa shape index (κ2) is 10.1. The van der Waals surface area contributed by atoms with Crippen LogP contribution in [0, 0.1) is 0 Å². The maximum atomic E-state index is 3.74. The Morgan fingerprint density at radius 3 is 1.75 bits per heavy atom. The Bertz CT molecular complexity index is 2500. The molecule has 0 amide bonds. The fourth-order valence-electron chi connectivity index (χ4n) is 6.62. The fraction of sp³-hybridized carbons (Fsp3) is 0. The van der Waals surface area contributed by atoms with Crippen molar-refractivity contribution in [1.82, 2.24) is 4.98 Å². The Balaban J connectivity index is 1.11.